The van der Waals surface area contributed by atoms with Crippen molar-refractivity contribution in [1.29, 1.82) is 0 Å². The predicted molar refractivity (Wildman–Crippen MR) is 84.2 cm³/mol. The van der Waals surface area contributed by atoms with Crippen LogP contribution in [0, 0.1) is 20.8 Å². The van der Waals surface area contributed by atoms with E-state index in [0.717, 1.165) is 15.8 Å². The number of aromatic nitrogens is 2. The third-order valence-corrected chi connectivity index (χ3v) is 4.31. The first-order chi connectivity index (χ1) is 10.6. The van der Waals surface area contributed by atoms with Gasteiger partial charge in [-0.3, -0.25) is 9.48 Å². The van der Waals surface area contributed by atoms with Crippen LogP contribution in [0.5, 0.6) is 0 Å². The second kappa shape index (κ2) is 6.35. The molecule has 0 aliphatic heterocycles. The maximum Gasteiger partial charge on any atom is 0.436 e. The third kappa shape index (κ3) is 3.93. The molecule has 1 amide bonds. The lowest BCUT2D eigenvalue weighted by Crippen LogP contribution is -2.21. The molecule has 8 heteroatoms. The van der Waals surface area contributed by atoms with Gasteiger partial charge in [0.2, 0.25) is 5.91 Å². The van der Waals surface area contributed by atoms with Gasteiger partial charge in [-0.25, -0.2) is 0 Å². The Kier molecular flexibility index (Phi) is 4.84. The summed E-state index contributed by atoms with van der Waals surface area (Å²) in [6.45, 7) is 4.90. The number of nitrogens with zero attached hydrogens (tertiary/aromatic N) is 2. The SMILES string of the molecule is Cc1ccc(C)c(NC(=O)Cn2nc(C(F)(F)F)c(Br)c2C)c1. The zero-order valence-electron chi connectivity index (χ0n) is 12.8. The van der Waals surface area contributed by atoms with Crippen LogP contribution in [0.2, 0.25) is 0 Å². The van der Waals surface area contributed by atoms with E-state index in [2.05, 4.69) is 26.3 Å². The number of rotatable bonds is 3. The molecule has 2 aromatic rings. The Labute approximate surface area is 139 Å². The van der Waals surface area contributed by atoms with E-state index in [1.807, 2.05) is 26.0 Å². The number of nitrogens with one attached hydrogen (secondary N) is 1. The molecule has 0 aliphatic carbocycles. The maximum absolute atomic E-state index is 12.8. The second-order valence-electron chi connectivity index (χ2n) is 5.27. The van der Waals surface area contributed by atoms with E-state index in [9.17, 15) is 18.0 Å². The number of alkyl halides is 3. The number of halogens is 4. The number of carbonyl (C=O) groups excluding carboxylic acids is 1. The zero-order chi connectivity index (χ0) is 17.4. The molecule has 23 heavy (non-hydrogen) atoms. The molecule has 124 valence electrons. The van der Waals surface area contributed by atoms with Gasteiger partial charge in [-0.2, -0.15) is 18.3 Å². The highest BCUT2D eigenvalue weighted by atomic mass is 79.9. The van der Waals surface area contributed by atoms with Gasteiger partial charge in [-0.1, -0.05) is 12.1 Å². The Balaban J connectivity index is 2.19. The van der Waals surface area contributed by atoms with Gasteiger partial charge in [0.25, 0.3) is 0 Å². The number of amides is 1. The summed E-state index contributed by atoms with van der Waals surface area (Å²) in [6, 6.07) is 5.58. The van der Waals surface area contributed by atoms with Gasteiger partial charge in [-0.15, -0.1) is 0 Å². The van der Waals surface area contributed by atoms with Crippen LogP contribution in [0.25, 0.3) is 0 Å². The summed E-state index contributed by atoms with van der Waals surface area (Å²) < 4.78 is 39.3. The highest BCUT2D eigenvalue weighted by molar-refractivity contribution is 9.10. The fourth-order valence-electron chi connectivity index (χ4n) is 2.06. The Morgan fingerprint density at radius 2 is 1.96 bits per heavy atom. The molecule has 0 unspecified atom stereocenters. The number of aryl methyl sites for hydroxylation is 2. The topological polar surface area (TPSA) is 46.9 Å². The fraction of sp³-hybridized carbons (Fsp3) is 0.333. The van der Waals surface area contributed by atoms with Crippen LogP contribution < -0.4 is 5.32 Å². The fourth-order valence-corrected chi connectivity index (χ4v) is 2.56. The summed E-state index contributed by atoms with van der Waals surface area (Å²) in [5, 5.41) is 6.18. The van der Waals surface area contributed by atoms with Crippen molar-refractivity contribution in [3.05, 3.63) is 45.2 Å². The Bertz CT molecular complexity index is 753. The molecule has 1 aromatic carbocycles. The predicted octanol–water partition coefficient (Wildman–Crippen LogP) is 4.23. The minimum atomic E-state index is -4.57. The average Bonchev–Trinajstić information content (AvgIpc) is 2.71. The van der Waals surface area contributed by atoms with Crippen molar-refractivity contribution in [2.75, 3.05) is 5.32 Å². The lowest BCUT2D eigenvalue weighted by molar-refractivity contribution is -0.142. The van der Waals surface area contributed by atoms with Crippen molar-refractivity contribution in [1.82, 2.24) is 9.78 Å². The van der Waals surface area contributed by atoms with E-state index >= 15 is 0 Å². The average molecular weight is 390 g/mol. The van der Waals surface area contributed by atoms with Crippen LogP contribution in [-0.4, -0.2) is 15.7 Å². The molecule has 0 spiro atoms. The van der Waals surface area contributed by atoms with Gasteiger partial charge in [-0.05, 0) is 53.9 Å². The van der Waals surface area contributed by atoms with Crippen LogP contribution in [0.4, 0.5) is 18.9 Å². The summed E-state index contributed by atoms with van der Waals surface area (Å²) in [4.78, 5) is 12.1. The summed E-state index contributed by atoms with van der Waals surface area (Å²) >= 11 is 2.88. The number of carbonyl (C=O) groups is 1. The van der Waals surface area contributed by atoms with Crippen LogP contribution in [0.3, 0.4) is 0 Å². The third-order valence-electron chi connectivity index (χ3n) is 3.36. The molecular weight excluding hydrogens is 375 g/mol. The van der Waals surface area contributed by atoms with Crippen molar-refractivity contribution in [3.63, 3.8) is 0 Å². The molecule has 0 atom stereocenters. The Morgan fingerprint density at radius 3 is 2.52 bits per heavy atom. The summed E-state index contributed by atoms with van der Waals surface area (Å²) in [7, 11) is 0. The lowest BCUT2D eigenvalue weighted by atomic mass is 10.1. The highest BCUT2D eigenvalue weighted by Crippen LogP contribution is 2.35. The molecule has 1 N–H and O–H groups in total. The second-order valence-corrected chi connectivity index (χ2v) is 6.06. The lowest BCUT2D eigenvalue weighted by Gasteiger charge is -2.10. The summed E-state index contributed by atoms with van der Waals surface area (Å²) in [5.41, 5.74) is 1.69. The largest absolute Gasteiger partial charge is 0.436 e. The van der Waals surface area contributed by atoms with Crippen molar-refractivity contribution >= 4 is 27.5 Å². The standard InChI is InChI=1S/C15H15BrF3N3O/c1-8-4-5-9(2)11(6-8)20-12(23)7-22-10(3)13(16)14(21-22)15(17,18)19/h4-6H,7H2,1-3H3,(H,20,23). The first-order valence-electron chi connectivity index (χ1n) is 6.77. The van der Waals surface area contributed by atoms with Gasteiger partial charge >= 0.3 is 6.18 Å². The van der Waals surface area contributed by atoms with E-state index < -0.39 is 17.8 Å². The molecule has 0 fully saturated rings. The molecule has 0 radical (unpaired) electrons. The summed E-state index contributed by atoms with van der Waals surface area (Å²) in [5.74, 6) is -0.439. The van der Waals surface area contributed by atoms with E-state index in [4.69, 9.17) is 0 Å². The van der Waals surface area contributed by atoms with Crippen molar-refractivity contribution in [2.45, 2.75) is 33.5 Å². The highest BCUT2D eigenvalue weighted by Gasteiger charge is 2.38. The monoisotopic (exact) mass is 389 g/mol. The van der Waals surface area contributed by atoms with Crippen LogP contribution in [-0.2, 0) is 17.5 Å². The van der Waals surface area contributed by atoms with E-state index in [-0.39, 0.29) is 16.7 Å². The minimum absolute atomic E-state index is 0.149. The molecular formula is C15H15BrF3N3O. The molecule has 0 saturated heterocycles. The molecule has 1 heterocycles. The zero-order valence-corrected chi connectivity index (χ0v) is 14.3. The van der Waals surface area contributed by atoms with Crippen LogP contribution in [0.1, 0.15) is 22.5 Å². The van der Waals surface area contributed by atoms with E-state index in [1.165, 1.54) is 6.92 Å². The summed E-state index contributed by atoms with van der Waals surface area (Å²) in [6.07, 6.45) is -4.57. The normalized spacial score (nSPS) is 11.6. The Hall–Kier alpha value is -1.83. The first kappa shape index (κ1) is 17.5. The number of benzene rings is 1. The molecule has 1 aromatic heterocycles. The van der Waals surface area contributed by atoms with Gasteiger partial charge < -0.3 is 5.32 Å². The minimum Gasteiger partial charge on any atom is -0.324 e. The molecule has 0 saturated carbocycles. The molecule has 0 aliphatic rings. The number of hydrogen-bond acceptors (Lipinski definition) is 2. The van der Waals surface area contributed by atoms with E-state index in [1.54, 1.807) is 6.07 Å². The smallest absolute Gasteiger partial charge is 0.324 e. The molecule has 0 bridgehead atoms. The van der Waals surface area contributed by atoms with Crippen molar-refractivity contribution in [2.24, 2.45) is 0 Å². The van der Waals surface area contributed by atoms with Crippen LogP contribution in [0.15, 0.2) is 22.7 Å². The van der Waals surface area contributed by atoms with Gasteiger partial charge in [0, 0.05) is 5.69 Å². The molecule has 2 rings (SSSR count). The maximum atomic E-state index is 12.8. The van der Waals surface area contributed by atoms with Crippen molar-refractivity contribution < 1.29 is 18.0 Å². The number of hydrogen-bond donors (Lipinski definition) is 1. The van der Waals surface area contributed by atoms with Gasteiger partial charge in [0.05, 0.1) is 10.2 Å². The van der Waals surface area contributed by atoms with Crippen LogP contribution >= 0.6 is 15.9 Å². The van der Waals surface area contributed by atoms with Crippen molar-refractivity contribution in [3.8, 4) is 0 Å². The first-order valence-corrected chi connectivity index (χ1v) is 7.56. The molecule has 4 nitrogen and oxygen atoms in total. The number of anilines is 1. The Morgan fingerprint density at radius 1 is 1.30 bits per heavy atom. The quantitative estimate of drug-likeness (QED) is 0.853. The van der Waals surface area contributed by atoms with Gasteiger partial charge in [0.1, 0.15) is 6.54 Å². The van der Waals surface area contributed by atoms with E-state index in [0.29, 0.717) is 5.69 Å². The van der Waals surface area contributed by atoms with Gasteiger partial charge in [0.15, 0.2) is 5.69 Å².